The lowest BCUT2D eigenvalue weighted by Gasteiger charge is -2.06. The fourth-order valence-corrected chi connectivity index (χ4v) is 1.63. The summed E-state index contributed by atoms with van der Waals surface area (Å²) in [5.41, 5.74) is 0.745. The van der Waals surface area contributed by atoms with E-state index in [0.717, 1.165) is 12.1 Å². The summed E-state index contributed by atoms with van der Waals surface area (Å²) in [4.78, 5) is 3.99. The molecule has 1 unspecified atom stereocenters. The van der Waals surface area contributed by atoms with Crippen molar-refractivity contribution in [2.75, 3.05) is 13.7 Å². The molecule has 0 spiro atoms. The average molecular weight is 248 g/mol. The molecule has 0 radical (unpaired) electrons. The molecule has 1 atom stereocenters. The first-order chi connectivity index (χ1) is 8.76. The second kappa shape index (κ2) is 5.59. The van der Waals surface area contributed by atoms with Crippen LogP contribution in [0.2, 0.25) is 0 Å². The van der Waals surface area contributed by atoms with Gasteiger partial charge in [0.1, 0.15) is 5.75 Å². The lowest BCUT2D eigenvalue weighted by atomic mass is 10.2. The van der Waals surface area contributed by atoms with E-state index >= 15 is 0 Å². The molecular weight excluding hydrogens is 232 g/mol. The van der Waals surface area contributed by atoms with Gasteiger partial charge in [0.2, 0.25) is 5.89 Å². The number of hydrogen-bond acceptors (Lipinski definition) is 6. The number of hydrogen-bond donors (Lipinski definition) is 1. The SMILES string of the molecule is CCNC(C)c1nnc(-c2ccncc2OC)o1. The highest BCUT2D eigenvalue weighted by Crippen LogP contribution is 2.28. The summed E-state index contributed by atoms with van der Waals surface area (Å²) in [6.45, 7) is 4.85. The van der Waals surface area contributed by atoms with E-state index in [0.29, 0.717) is 17.5 Å². The Balaban J connectivity index is 2.29. The topological polar surface area (TPSA) is 73.1 Å². The van der Waals surface area contributed by atoms with Gasteiger partial charge < -0.3 is 14.5 Å². The van der Waals surface area contributed by atoms with Gasteiger partial charge in [0.05, 0.1) is 24.9 Å². The van der Waals surface area contributed by atoms with Crippen LogP contribution in [0.25, 0.3) is 11.5 Å². The first-order valence-electron chi connectivity index (χ1n) is 5.81. The van der Waals surface area contributed by atoms with E-state index in [9.17, 15) is 0 Å². The van der Waals surface area contributed by atoms with E-state index in [1.54, 1.807) is 25.6 Å². The summed E-state index contributed by atoms with van der Waals surface area (Å²) in [6.07, 6.45) is 3.28. The van der Waals surface area contributed by atoms with E-state index < -0.39 is 0 Å². The summed E-state index contributed by atoms with van der Waals surface area (Å²) in [6, 6.07) is 1.82. The first-order valence-corrected chi connectivity index (χ1v) is 5.81. The molecule has 0 aliphatic rings. The van der Waals surface area contributed by atoms with Crippen LogP contribution in [0.5, 0.6) is 5.75 Å². The van der Waals surface area contributed by atoms with Gasteiger partial charge in [-0.3, -0.25) is 4.98 Å². The van der Waals surface area contributed by atoms with Gasteiger partial charge in [0, 0.05) is 6.20 Å². The molecule has 0 aromatic carbocycles. The molecule has 18 heavy (non-hydrogen) atoms. The second-order valence-electron chi connectivity index (χ2n) is 3.80. The van der Waals surface area contributed by atoms with Crippen LogP contribution in [0.3, 0.4) is 0 Å². The van der Waals surface area contributed by atoms with Crippen LogP contribution in [-0.4, -0.2) is 28.8 Å². The van der Waals surface area contributed by atoms with E-state index in [4.69, 9.17) is 9.15 Å². The van der Waals surface area contributed by atoms with Gasteiger partial charge in [-0.1, -0.05) is 6.92 Å². The van der Waals surface area contributed by atoms with Crippen LogP contribution >= 0.6 is 0 Å². The molecule has 0 saturated heterocycles. The van der Waals surface area contributed by atoms with Gasteiger partial charge in [-0.25, -0.2) is 0 Å². The van der Waals surface area contributed by atoms with Crippen molar-refractivity contribution in [3.8, 4) is 17.2 Å². The molecule has 6 nitrogen and oxygen atoms in total. The Labute approximate surface area is 105 Å². The van der Waals surface area contributed by atoms with Crippen LogP contribution < -0.4 is 10.1 Å². The Morgan fingerprint density at radius 2 is 2.28 bits per heavy atom. The summed E-state index contributed by atoms with van der Waals surface area (Å²) in [7, 11) is 1.58. The van der Waals surface area contributed by atoms with E-state index in [1.807, 2.05) is 13.8 Å². The first kappa shape index (κ1) is 12.5. The molecule has 1 N–H and O–H groups in total. The molecule has 0 saturated carbocycles. The third-order valence-corrected chi connectivity index (χ3v) is 2.56. The van der Waals surface area contributed by atoms with Crippen LogP contribution in [0.4, 0.5) is 0 Å². The molecule has 0 fully saturated rings. The number of aromatic nitrogens is 3. The molecule has 0 amide bonds. The molecule has 2 heterocycles. The standard InChI is InChI=1S/C12H16N4O2/c1-4-14-8(2)11-15-16-12(18-11)9-5-6-13-7-10(9)17-3/h5-8,14H,4H2,1-3H3. The lowest BCUT2D eigenvalue weighted by molar-refractivity contribution is 0.407. The van der Waals surface area contributed by atoms with E-state index in [1.165, 1.54) is 0 Å². The van der Waals surface area contributed by atoms with E-state index in [2.05, 4.69) is 20.5 Å². The molecule has 0 aliphatic carbocycles. The summed E-state index contributed by atoms with van der Waals surface area (Å²) in [5.74, 6) is 1.61. The minimum Gasteiger partial charge on any atom is -0.494 e. The predicted octanol–water partition coefficient (Wildman–Crippen LogP) is 1.81. The zero-order chi connectivity index (χ0) is 13.0. The predicted molar refractivity (Wildman–Crippen MR) is 66.2 cm³/mol. The summed E-state index contributed by atoms with van der Waals surface area (Å²) < 4.78 is 10.8. The summed E-state index contributed by atoms with van der Waals surface area (Å²) in [5, 5.41) is 11.3. The number of ether oxygens (including phenoxy) is 1. The number of pyridine rings is 1. The van der Waals surface area contributed by atoms with Crippen LogP contribution in [0.15, 0.2) is 22.9 Å². The minimum absolute atomic E-state index is 0.0316. The maximum Gasteiger partial charge on any atom is 0.251 e. The number of rotatable bonds is 5. The third kappa shape index (κ3) is 2.48. The average Bonchev–Trinajstić information content (AvgIpc) is 2.88. The fourth-order valence-electron chi connectivity index (χ4n) is 1.63. The quantitative estimate of drug-likeness (QED) is 0.870. The van der Waals surface area contributed by atoms with Crippen LogP contribution in [0.1, 0.15) is 25.8 Å². The van der Waals surface area contributed by atoms with Crippen molar-refractivity contribution in [3.63, 3.8) is 0 Å². The highest BCUT2D eigenvalue weighted by Gasteiger charge is 2.16. The van der Waals surface area contributed by atoms with Gasteiger partial charge in [-0.15, -0.1) is 10.2 Å². The Morgan fingerprint density at radius 1 is 1.44 bits per heavy atom. The van der Waals surface area contributed by atoms with Crippen molar-refractivity contribution in [1.29, 1.82) is 0 Å². The maximum atomic E-state index is 5.63. The Bertz CT molecular complexity index is 512. The zero-order valence-corrected chi connectivity index (χ0v) is 10.7. The van der Waals surface area contributed by atoms with Crippen molar-refractivity contribution in [2.45, 2.75) is 19.9 Å². The number of nitrogens with zero attached hydrogens (tertiary/aromatic N) is 3. The maximum absolute atomic E-state index is 5.63. The van der Waals surface area contributed by atoms with Gasteiger partial charge in [-0.2, -0.15) is 0 Å². The third-order valence-electron chi connectivity index (χ3n) is 2.56. The molecule has 0 aliphatic heterocycles. The van der Waals surface area contributed by atoms with E-state index in [-0.39, 0.29) is 6.04 Å². The van der Waals surface area contributed by atoms with Crippen LogP contribution in [0, 0.1) is 0 Å². The molecule has 2 aromatic heterocycles. The van der Waals surface area contributed by atoms with Crippen LogP contribution in [-0.2, 0) is 0 Å². The molecular formula is C12H16N4O2. The Kier molecular flexibility index (Phi) is 3.88. The fraction of sp³-hybridized carbons (Fsp3) is 0.417. The van der Waals surface area contributed by atoms with Crippen molar-refractivity contribution in [3.05, 3.63) is 24.4 Å². The van der Waals surface area contributed by atoms with Gasteiger partial charge >= 0.3 is 0 Å². The largest absolute Gasteiger partial charge is 0.494 e. The summed E-state index contributed by atoms with van der Waals surface area (Å²) >= 11 is 0. The van der Waals surface area contributed by atoms with Crippen molar-refractivity contribution in [1.82, 2.24) is 20.5 Å². The lowest BCUT2D eigenvalue weighted by Crippen LogP contribution is -2.17. The Morgan fingerprint density at radius 3 is 3.00 bits per heavy atom. The van der Waals surface area contributed by atoms with Gasteiger partial charge in [0.15, 0.2) is 0 Å². The highest BCUT2D eigenvalue weighted by molar-refractivity contribution is 5.60. The monoisotopic (exact) mass is 248 g/mol. The molecule has 2 rings (SSSR count). The van der Waals surface area contributed by atoms with Crippen molar-refractivity contribution in [2.24, 2.45) is 0 Å². The molecule has 6 heteroatoms. The Hall–Kier alpha value is -1.95. The zero-order valence-electron chi connectivity index (χ0n) is 10.7. The van der Waals surface area contributed by atoms with Gasteiger partial charge in [0.25, 0.3) is 5.89 Å². The normalized spacial score (nSPS) is 12.4. The molecule has 2 aromatic rings. The van der Waals surface area contributed by atoms with Gasteiger partial charge in [-0.05, 0) is 19.5 Å². The second-order valence-corrected chi connectivity index (χ2v) is 3.80. The van der Waals surface area contributed by atoms with Crippen molar-refractivity contribution < 1.29 is 9.15 Å². The smallest absolute Gasteiger partial charge is 0.251 e. The minimum atomic E-state index is 0.0316. The molecule has 96 valence electrons. The molecule has 0 bridgehead atoms. The van der Waals surface area contributed by atoms with Crippen molar-refractivity contribution >= 4 is 0 Å². The number of nitrogens with one attached hydrogen (secondary N) is 1. The number of methoxy groups -OCH3 is 1. The highest BCUT2D eigenvalue weighted by atomic mass is 16.5.